The zero-order valence-electron chi connectivity index (χ0n) is 43.4. The Morgan fingerprint density at radius 2 is 1.01 bits per heavy atom. The molecule has 2 aliphatic heterocycles. The molecule has 3 unspecified atom stereocenters. The van der Waals surface area contributed by atoms with Gasteiger partial charge in [0.15, 0.2) is 0 Å². The minimum absolute atomic E-state index is 0.0131. The van der Waals surface area contributed by atoms with E-state index in [0.29, 0.717) is 5.56 Å². The van der Waals surface area contributed by atoms with Crippen LogP contribution in [-0.4, -0.2) is 218 Å². The topological polar surface area (TPSA) is 446 Å². The highest BCUT2D eigenvalue weighted by molar-refractivity contribution is 7.58. The van der Waals surface area contributed by atoms with E-state index in [9.17, 15) is 76.6 Å². The quantitative estimate of drug-likeness (QED) is 0.0299. The van der Waals surface area contributed by atoms with Crippen LogP contribution in [0.3, 0.4) is 0 Å². The Morgan fingerprint density at radius 3 is 1.50 bits per heavy atom. The van der Waals surface area contributed by atoms with Crippen molar-refractivity contribution < 1.29 is 86.8 Å². The number of nitrogens with two attached hydrogens (primary N) is 1. The van der Waals surface area contributed by atoms with Gasteiger partial charge >= 0.3 is 17.9 Å². The molecular formula is C46H76N11O18P3. The molecule has 1 aromatic carbocycles. The number of hydrogen-bond acceptors (Lipinski definition) is 17. The van der Waals surface area contributed by atoms with Crippen molar-refractivity contribution in [3.05, 3.63) is 48.3 Å². The number of unbranched alkanes of at least 4 members (excludes halogenated alkanes) is 1. The van der Waals surface area contributed by atoms with Crippen LogP contribution in [0.2, 0.25) is 0 Å². The molecule has 0 radical (unpaired) electrons. The highest BCUT2D eigenvalue weighted by atomic mass is 31.2. The van der Waals surface area contributed by atoms with Crippen LogP contribution in [0.15, 0.2) is 42.7 Å². The first-order valence-electron chi connectivity index (χ1n) is 25.3. The first-order valence-corrected chi connectivity index (χ1v) is 31.4. The van der Waals surface area contributed by atoms with Crippen molar-refractivity contribution in [1.82, 2.24) is 51.9 Å². The lowest BCUT2D eigenvalue weighted by Crippen LogP contribution is -2.58. The van der Waals surface area contributed by atoms with Crippen LogP contribution in [0.4, 0.5) is 0 Å². The molecule has 78 heavy (non-hydrogen) atoms. The monoisotopic (exact) mass is 1160 g/mol. The molecule has 438 valence electrons. The maximum Gasteiger partial charge on any atom is 0.305 e. The summed E-state index contributed by atoms with van der Waals surface area (Å²) in [5, 5.41) is 45.6. The summed E-state index contributed by atoms with van der Waals surface area (Å²) >= 11 is 0. The summed E-state index contributed by atoms with van der Waals surface area (Å²) in [6.45, 7) is 3.67. The summed E-state index contributed by atoms with van der Waals surface area (Å²) in [5.74, 6) is -8.84. The van der Waals surface area contributed by atoms with Gasteiger partial charge < -0.3 is 73.0 Å². The molecule has 1 aromatic rings. The van der Waals surface area contributed by atoms with E-state index in [1.54, 1.807) is 45.0 Å². The maximum absolute atomic E-state index is 14.1. The Bertz CT molecular complexity index is 2350. The van der Waals surface area contributed by atoms with E-state index in [1.807, 2.05) is 0 Å². The number of nitrogens with one attached hydrogen (secondary N) is 7. The normalized spacial score (nSPS) is 22.2. The van der Waals surface area contributed by atoms with E-state index in [1.165, 1.54) is 0 Å². The number of carbonyl (C=O) groups is 9. The first-order chi connectivity index (χ1) is 36.6. The molecule has 2 aliphatic rings. The van der Waals surface area contributed by atoms with Gasteiger partial charge in [-0.3, -0.25) is 71.5 Å². The van der Waals surface area contributed by atoms with Crippen LogP contribution in [0.25, 0.3) is 0 Å². The lowest BCUT2D eigenvalue weighted by Gasteiger charge is -2.28. The van der Waals surface area contributed by atoms with Crippen molar-refractivity contribution in [3.63, 3.8) is 0 Å². The van der Waals surface area contributed by atoms with Gasteiger partial charge in [-0.05, 0) is 37.7 Å². The molecule has 0 aliphatic carbocycles. The van der Waals surface area contributed by atoms with Crippen molar-refractivity contribution in [2.75, 3.05) is 96.2 Å². The SMILES string of the molecule is C=C(N)NCCC[C@@H]1NC(=O)[C@H](CCCCNC(=O)CCP(=O)(O)CN2CCN(CP(=O)(O)CCC(=O)O)CCN(CP(=O)(O)CCC(=O)O)CC2)NC(=O)[C@@H](Cc2ccccc2)NC(=O)[C@H](CC(=O)O)NC(=O)CNC1=O. The number of carboxylic acids is 3. The lowest BCUT2D eigenvalue weighted by molar-refractivity contribution is -0.141. The zero-order valence-corrected chi connectivity index (χ0v) is 46.1. The summed E-state index contributed by atoms with van der Waals surface area (Å²) in [6.07, 6.45) is -4.66. The van der Waals surface area contributed by atoms with Gasteiger partial charge in [0.25, 0.3) is 0 Å². The standard InChI is InChI=1S/C46H76N11O18P3/c1-32(47)48-16-7-11-34-43(66)50-28-39(59)51-37(27-42(64)65)46(69)54-36(26-33-8-3-2-4-9-33)45(68)53-35(44(67)52-34)10-5-6-15-49-38(58)12-23-76(70,71)29-55-17-19-56(30-77(72,73)24-13-40(60)61)21-22-57(20-18-55)31-78(74,75)25-14-41(62)63/h2-4,8-9,34-37,48H,1,5-7,10-31,47H2,(H,49,58)(H,50,66)(H,51,59)(H,52,67)(H,53,68)(H,54,69)(H,60,61)(H,62,63)(H,64,65)(H,70,71)(H,72,73)(H,74,75)/t34-,35-,36+,37-/m0/s1. The minimum Gasteiger partial charge on any atom is -0.481 e. The molecule has 15 N–H and O–H groups in total. The van der Waals surface area contributed by atoms with Crippen LogP contribution in [-0.2, 0) is 63.3 Å². The Hall–Kier alpha value is -5.76. The van der Waals surface area contributed by atoms with Crippen molar-refractivity contribution in [3.8, 4) is 0 Å². The number of nitrogens with zero attached hydrogens (tertiary/aromatic N) is 3. The van der Waals surface area contributed by atoms with Crippen molar-refractivity contribution >= 4 is 75.5 Å². The minimum atomic E-state index is -4.11. The molecule has 0 aromatic heterocycles. The summed E-state index contributed by atoms with van der Waals surface area (Å²) in [4.78, 5) is 152. The fraction of sp³-hybridized carbons (Fsp3) is 0.630. The van der Waals surface area contributed by atoms with E-state index in [0.717, 1.165) is 0 Å². The van der Waals surface area contributed by atoms with E-state index < -0.39 is 169 Å². The molecule has 6 amide bonds. The molecule has 3 rings (SSSR count). The van der Waals surface area contributed by atoms with Gasteiger partial charge in [-0.25, -0.2) is 0 Å². The van der Waals surface area contributed by atoms with Crippen molar-refractivity contribution in [2.45, 2.75) is 88.4 Å². The molecule has 29 nitrogen and oxygen atoms in total. The van der Waals surface area contributed by atoms with Crippen LogP contribution >= 0.6 is 22.1 Å². The highest BCUT2D eigenvalue weighted by Crippen LogP contribution is 2.44. The number of carboxylic acid groups (broad SMARTS) is 3. The van der Waals surface area contributed by atoms with Crippen LogP contribution in [0.5, 0.6) is 0 Å². The van der Waals surface area contributed by atoms with Gasteiger partial charge in [0.1, 0.15) is 24.2 Å². The Morgan fingerprint density at radius 1 is 0.577 bits per heavy atom. The molecule has 0 bridgehead atoms. The third kappa shape index (κ3) is 27.7. The average molecular weight is 1160 g/mol. The molecule has 32 heteroatoms. The predicted octanol–water partition coefficient (Wildman–Crippen LogP) is -2.20. The summed E-state index contributed by atoms with van der Waals surface area (Å²) in [6, 6.07) is 2.77. The van der Waals surface area contributed by atoms with Gasteiger partial charge in [-0.15, -0.1) is 0 Å². The number of hydrogen-bond donors (Lipinski definition) is 14. The van der Waals surface area contributed by atoms with E-state index >= 15 is 0 Å². The number of benzene rings is 1. The summed E-state index contributed by atoms with van der Waals surface area (Å²) in [7, 11) is -12.1. The van der Waals surface area contributed by atoms with Crippen LogP contribution < -0.4 is 43.0 Å². The van der Waals surface area contributed by atoms with Crippen LogP contribution in [0.1, 0.15) is 63.4 Å². The van der Waals surface area contributed by atoms with Gasteiger partial charge in [0.05, 0.1) is 50.5 Å². The van der Waals surface area contributed by atoms with E-state index in [2.05, 4.69) is 43.8 Å². The van der Waals surface area contributed by atoms with Gasteiger partial charge in [0, 0.05) is 83.7 Å². The molecule has 2 heterocycles. The average Bonchev–Trinajstić information content (AvgIpc) is 3.43. The Kier molecular flexibility index (Phi) is 28.1. The fourth-order valence-electron chi connectivity index (χ4n) is 8.25. The molecule has 2 fully saturated rings. The van der Waals surface area contributed by atoms with E-state index in [-0.39, 0.29) is 96.7 Å². The van der Waals surface area contributed by atoms with E-state index in [4.69, 9.17) is 15.9 Å². The Labute approximate surface area is 451 Å². The molecular weight excluding hydrogens is 1090 g/mol. The first kappa shape index (κ1) is 66.5. The fourth-order valence-corrected chi connectivity index (χ4v) is 13.0. The number of carbonyl (C=O) groups excluding carboxylic acids is 6. The Balaban J connectivity index is 1.72. The summed E-state index contributed by atoms with van der Waals surface area (Å²) < 4.78 is 39.5. The second-order valence-corrected chi connectivity index (χ2v) is 26.5. The third-order valence-electron chi connectivity index (χ3n) is 12.4. The largest absolute Gasteiger partial charge is 0.481 e. The smallest absolute Gasteiger partial charge is 0.305 e. The second-order valence-electron chi connectivity index (χ2n) is 19.3. The van der Waals surface area contributed by atoms with Gasteiger partial charge in [0.2, 0.25) is 57.5 Å². The van der Waals surface area contributed by atoms with Crippen molar-refractivity contribution in [2.24, 2.45) is 5.73 Å². The number of amides is 6. The van der Waals surface area contributed by atoms with Crippen molar-refractivity contribution in [1.29, 1.82) is 0 Å². The maximum atomic E-state index is 14.1. The molecule has 7 atom stereocenters. The second kappa shape index (κ2) is 33.0. The third-order valence-corrected chi connectivity index (χ3v) is 17.7. The highest BCUT2D eigenvalue weighted by Gasteiger charge is 2.34. The zero-order chi connectivity index (χ0) is 58.1. The molecule has 0 spiro atoms. The van der Waals surface area contributed by atoms with Gasteiger partial charge in [-0.2, -0.15) is 0 Å². The lowest BCUT2D eigenvalue weighted by atomic mass is 10.0. The number of aliphatic carboxylic acids is 3. The molecule has 2 saturated heterocycles. The summed E-state index contributed by atoms with van der Waals surface area (Å²) in [5.41, 5.74) is 6.17. The molecule has 0 saturated carbocycles. The predicted molar refractivity (Wildman–Crippen MR) is 283 cm³/mol. The number of rotatable bonds is 29. The van der Waals surface area contributed by atoms with Gasteiger partial charge in [-0.1, -0.05) is 36.9 Å². The van der Waals surface area contributed by atoms with Crippen LogP contribution in [0, 0.1) is 0 Å².